The molecule has 15 heteroatoms. The number of piperazine rings is 1. The second-order valence-electron chi connectivity index (χ2n) is 12.1. The minimum atomic E-state index is -2.75. The lowest BCUT2D eigenvalue weighted by Crippen LogP contribution is -2.67. The van der Waals surface area contributed by atoms with Crippen LogP contribution < -0.4 is 21.0 Å². The van der Waals surface area contributed by atoms with E-state index in [1.165, 1.54) is 53.2 Å². The van der Waals surface area contributed by atoms with Crippen LogP contribution in [0.1, 0.15) is 82.1 Å². The van der Waals surface area contributed by atoms with Gasteiger partial charge < -0.3 is 20.3 Å². The van der Waals surface area contributed by atoms with Gasteiger partial charge in [-0.1, -0.05) is 39.5 Å². The van der Waals surface area contributed by atoms with Gasteiger partial charge in [0.25, 0.3) is 12.3 Å². The molecule has 7 rings (SSSR count). The summed E-state index contributed by atoms with van der Waals surface area (Å²) in [6.07, 6.45) is 5.63. The number of hydrogen-bond acceptors (Lipinski definition) is 11. The van der Waals surface area contributed by atoms with Crippen LogP contribution in [0.5, 0.6) is 0 Å². The van der Waals surface area contributed by atoms with E-state index < -0.39 is 29.8 Å². The maximum atomic E-state index is 13.9. The van der Waals surface area contributed by atoms with E-state index in [-0.39, 0.29) is 58.6 Å². The molecule has 4 fully saturated rings. The van der Waals surface area contributed by atoms with Gasteiger partial charge in [-0.05, 0) is 62.4 Å². The number of aromatic nitrogens is 1. The zero-order chi connectivity index (χ0) is 35.5. The number of anilines is 1. The average molecular weight is 702 g/mol. The summed E-state index contributed by atoms with van der Waals surface area (Å²) >= 11 is 1.25. The minimum absolute atomic E-state index is 0.0596. The van der Waals surface area contributed by atoms with Crippen molar-refractivity contribution in [3.8, 4) is 11.8 Å². The van der Waals surface area contributed by atoms with E-state index in [1.54, 1.807) is 0 Å². The predicted octanol–water partition coefficient (Wildman–Crippen LogP) is 3.55. The van der Waals surface area contributed by atoms with Crippen molar-refractivity contribution in [1.29, 1.82) is 0 Å². The Morgan fingerprint density at radius 1 is 1.16 bits per heavy atom. The number of aliphatic hydroxyl groups is 2. The number of nitrogens with zero attached hydrogens (tertiary/aromatic N) is 4. The van der Waals surface area contributed by atoms with Crippen molar-refractivity contribution in [3.05, 3.63) is 41.4 Å². The molecule has 3 aliphatic carbocycles. The van der Waals surface area contributed by atoms with Crippen molar-refractivity contribution < 1.29 is 33.3 Å². The second kappa shape index (κ2) is 15.0. The smallest absolute Gasteiger partial charge is 0.261 e. The number of carbonyl (C=O) groups is 2. The Balaban J connectivity index is 0.00000113. The van der Waals surface area contributed by atoms with Gasteiger partial charge in [-0.25, -0.2) is 18.7 Å². The number of amidine groups is 1. The lowest BCUT2D eigenvalue weighted by atomic mass is 9.95. The van der Waals surface area contributed by atoms with Gasteiger partial charge >= 0.3 is 0 Å². The van der Waals surface area contributed by atoms with Gasteiger partial charge in [-0.3, -0.25) is 25.2 Å². The molecule has 266 valence electrons. The highest BCUT2D eigenvalue weighted by molar-refractivity contribution is 8.14. The zero-order valence-electron chi connectivity index (χ0n) is 28.4. The molecule has 4 heterocycles. The summed E-state index contributed by atoms with van der Waals surface area (Å²) < 4.78 is 33.1. The molecule has 6 aliphatic rings. The summed E-state index contributed by atoms with van der Waals surface area (Å²) in [5, 5.41) is 31.3. The Morgan fingerprint density at radius 2 is 1.88 bits per heavy atom. The first-order valence-electron chi connectivity index (χ1n) is 17.0. The zero-order valence-corrected chi connectivity index (χ0v) is 29.2. The Hall–Kier alpha value is -3.71. The number of amides is 2. The molecule has 1 saturated heterocycles. The summed E-state index contributed by atoms with van der Waals surface area (Å²) in [5.41, 5.74) is 2.35. The average Bonchev–Trinajstić information content (AvgIpc) is 4.00. The standard InChI is InChI=1S/C30H33F2N7O5S.2C2H6/c1-44-22-15-33-21(25(31)32)12-19(22)18-13-23(38-10-11-39(29(8-9-29)27(38)41)30(42,43)17-5-6-17)34-14-20(18)26(40)35-28-37-36-24(45-28)7-4-16-2-3-16;2*1-2/h12-17,21,24-25,33,36,42-43H,2-3,5-6,8-11H2,1H3,(H,35,37,40);2*1-2H3. The number of halogens is 2. The fourth-order valence-electron chi connectivity index (χ4n) is 5.95. The number of dihydropyridines is 1. The molecule has 49 heavy (non-hydrogen) atoms. The van der Waals surface area contributed by atoms with Gasteiger partial charge in [-0.15, -0.1) is 0 Å². The number of rotatable bonds is 7. The summed E-state index contributed by atoms with van der Waals surface area (Å²) in [7, 11) is 1.39. The van der Waals surface area contributed by atoms with Gasteiger partial charge in [0, 0.05) is 48.5 Å². The fourth-order valence-corrected chi connectivity index (χ4v) is 6.66. The summed E-state index contributed by atoms with van der Waals surface area (Å²) in [6.45, 7) is 8.32. The Kier molecular flexibility index (Phi) is 11.2. The van der Waals surface area contributed by atoms with Gasteiger partial charge in [0.15, 0.2) is 10.5 Å². The Morgan fingerprint density at radius 3 is 2.49 bits per heavy atom. The normalized spacial score (nSPS) is 24.0. The van der Waals surface area contributed by atoms with Crippen molar-refractivity contribution in [2.24, 2.45) is 16.9 Å². The third kappa shape index (κ3) is 7.57. The molecule has 0 aromatic carbocycles. The first kappa shape index (κ1) is 36.6. The van der Waals surface area contributed by atoms with Crippen molar-refractivity contribution in [2.45, 2.75) is 95.5 Å². The molecule has 0 radical (unpaired) electrons. The number of ether oxygens (including phenoxy) is 1. The predicted molar refractivity (Wildman–Crippen MR) is 184 cm³/mol. The SMILES string of the molecule is CC.CC.COC1=CNC(C(F)F)C=C1c1cc(N2CCN(C(O)(O)C3CC3)C3(CC3)C2=O)ncc1C(=O)NC1=NNC(C#CC2CC2)S1. The van der Waals surface area contributed by atoms with Gasteiger partial charge in [0.05, 0.1) is 12.7 Å². The third-order valence-corrected chi connectivity index (χ3v) is 9.77. The molecule has 2 amide bonds. The molecule has 1 aromatic heterocycles. The van der Waals surface area contributed by atoms with E-state index in [2.05, 4.69) is 38.0 Å². The number of pyridine rings is 1. The lowest BCUT2D eigenvalue weighted by Gasteiger charge is -2.46. The van der Waals surface area contributed by atoms with Crippen molar-refractivity contribution >= 4 is 40.1 Å². The number of methoxy groups -OCH3 is 1. The van der Waals surface area contributed by atoms with Crippen LogP contribution >= 0.6 is 11.8 Å². The maximum Gasteiger partial charge on any atom is 0.261 e. The van der Waals surface area contributed by atoms with E-state index in [1.807, 2.05) is 27.7 Å². The van der Waals surface area contributed by atoms with E-state index in [9.17, 15) is 28.6 Å². The Labute approximate surface area is 289 Å². The van der Waals surface area contributed by atoms with E-state index in [0.717, 1.165) is 12.8 Å². The van der Waals surface area contributed by atoms with Gasteiger partial charge in [0.2, 0.25) is 11.8 Å². The van der Waals surface area contributed by atoms with E-state index >= 15 is 0 Å². The highest BCUT2D eigenvalue weighted by Gasteiger charge is 2.65. The topological polar surface area (TPSA) is 152 Å². The molecule has 1 aromatic rings. The minimum Gasteiger partial charge on any atom is -0.495 e. The molecule has 12 nitrogen and oxygen atoms in total. The molecule has 0 bridgehead atoms. The van der Waals surface area contributed by atoms with Crippen LogP contribution in [0.3, 0.4) is 0 Å². The van der Waals surface area contributed by atoms with Crippen LogP contribution in [-0.4, -0.2) is 86.6 Å². The number of thioether (sulfide) groups is 1. The number of carbonyl (C=O) groups excluding carboxylic acids is 2. The highest BCUT2D eigenvalue weighted by Crippen LogP contribution is 2.52. The molecular formula is C34H45F2N7O5S. The molecule has 2 unspecified atom stereocenters. The number of hydrazone groups is 1. The van der Waals surface area contributed by atoms with Crippen LogP contribution in [0.2, 0.25) is 0 Å². The van der Waals surface area contributed by atoms with Crippen LogP contribution in [-0.2, 0) is 9.53 Å². The molecule has 1 spiro atoms. The van der Waals surface area contributed by atoms with E-state index in [0.29, 0.717) is 36.8 Å². The first-order valence-corrected chi connectivity index (χ1v) is 17.9. The highest BCUT2D eigenvalue weighted by atomic mass is 32.2. The summed E-state index contributed by atoms with van der Waals surface area (Å²) in [4.78, 5) is 35.0. The van der Waals surface area contributed by atoms with Crippen LogP contribution in [0.4, 0.5) is 14.6 Å². The Bertz CT molecular complexity index is 1580. The molecular weight excluding hydrogens is 656 g/mol. The number of nitrogens with one attached hydrogen (secondary N) is 3. The third-order valence-electron chi connectivity index (χ3n) is 8.89. The largest absolute Gasteiger partial charge is 0.495 e. The monoisotopic (exact) mass is 701 g/mol. The van der Waals surface area contributed by atoms with Gasteiger partial charge in [-0.2, -0.15) is 5.10 Å². The van der Waals surface area contributed by atoms with E-state index in [4.69, 9.17) is 4.74 Å². The molecule has 3 aliphatic heterocycles. The molecule has 5 N–H and O–H groups in total. The molecule has 3 saturated carbocycles. The number of hydrogen-bond donors (Lipinski definition) is 5. The van der Waals surface area contributed by atoms with Crippen LogP contribution in [0.25, 0.3) is 5.57 Å². The summed E-state index contributed by atoms with van der Waals surface area (Å²) in [6, 6.07) is 0.170. The number of allylic oxidation sites excluding steroid dienone is 1. The van der Waals surface area contributed by atoms with Gasteiger partial charge in [0.1, 0.15) is 23.2 Å². The lowest BCUT2D eigenvalue weighted by molar-refractivity contribution is -0.291. The quantitative estimate of drug-likeness (QED) is 0.211. The summed E-state index contributed by atoms with van der Waals surface area (Å²) in [5.74, 6) is 3.82. The van der Waals surface area contributed by atoms with Crippen molar-refractivity contribution in [1.82, 2.24) is 25.9 Å². The number of alkyl halides is 2. The first-order chi connectivity index (χ1) is 23.6. The van der Waals surface area contributed by atoms with Crippen molar-refractivity contribution in [3.63, 3.8) is 0 Å². The van der Waals surface area contributed by atoms with Crippen LogP contribution in [0, 0.1) is 23.7 Å². The fraction of sp³-hybridized carbons (Fsp3) is 0.588. The van der Waals surface area contributed by atoms with Crippen LogP contribution in [0.15, 0.2) is 35.4 Å². The molecule has 2 atom stereocenters. The maximum absolute atomic E-state index is 13.9. The second-order valence-corrected chi connectivity index (χ2v) is 13.2. The van der Waals surface area contributed by atoms with Crippen molar-refractivity contribution in [2.75, 3.05) is 25.1 Å².